The van der Waals surface area contributed by atoms with E-state index in [9.17, 15) is 4.39 Å². The molecule has 0 saturated heterocycles. The van der Waals surface area contributed by atoms with Gasteiger partial charge in [-0.2, -0.15) is 0 Å². The summed E-state index contributed by atoms with van der Waals surface area (Å²) < 4.78 is 13.7. The van der Waals surface area contributed by atoms with Gasteiger partial charge in [0.15, 0.2) is 5.82 Å². The Morgan fingerprint density at radius 3 is 2.43 bits per heavy atom. The van der Waals surface area contributed by atoms with Gasteiger partial charge >= 0.3 is 0 Å². The second-order valence-electron chi connectivity index (χ2n) is 6.53. The first-order chi connectivity index (χ1) is 13.7. The van der Waals surface area contributed by atoms with Crippen LogP contribution < -0.4 is 0 Å². The summed E-state index contributed by atoms with van der Waals surface area (Å²) in [6.07, 6.45) is 0.956. The van der Waals surface area contributed by atoms with Crippen LogP contribution in [0.15, 0.2) is 71.9 Å². The summed E-state index contributed by atoms with van der Waals surface area (Å²) in [5.74, 6) is 5.63. The Morgan fingerprint density at radius 2 is 1.61 bits per heavy atom. The Morgan fingerprint density at radius 1 is 0.857 bits per heavy atom. The predicted octanol–water partition coefficient (Wildman–Crippen LogP) is 5.33. The van der Waals surface area contributed by atoms with Gasteiger partial charge < -0.3 is 5.21 Å². The Hall–Kier alpha value is -3.97. The molecule has 4 aromatic carbocycles. The fourth-order valence-electron chi connectivity index (χ4n) is 3.67. The van der Waals surface area contributed by atoms with Crippen molar-refractivity contribution in [3.8, 4) is 11.8 Å². The van der Waals surface area contributed by atoms with Gasteiger partial charge in [-0.25, -0.2) is 9.37 Å². The maximum Gasteiger partial charge on any atom is 0.150 e. The third-order valence-corrected chi connectivity index (χ3v) is 4.89. The van der Waals surface area contributed by atoms with Gasteiger partial charge in [-0.15, -0.1) is 0 Å². The average molecular weight is 364 g/mol. The molecule has 1 aromatic heterocycles. The number of rotatable bonds is 1. The Labute approximate surface area is 160 Å². The molecule has 0 aliphatic heterocycles. The average Bonchev–Trinajstić information content (AvgIpc) is 2.73. The summed E-state index contributed by atoms with van der Waals surface area (Å²) in [4.78, 5) is 4.09. The van der Waals surface area contributed by atoms with Crippen molar-refractivity contribution < 1.29 is 9.60 Å². The van der Waals surface area contributed by atoms with Gasteiger partial charge in [0, 0.05) is 5.56 Å². The van der Waals surface area contributed by atoms with E-state index in [-0.39, 0.29) is 5.69 Å². The predicted molar refractivity (Wildman–Crippen MR) is 110 cm³/mol. The first-order valence-corrected chi connectivity index (χ1v) is 8.77. The minimum atomic E-state index is -0.564. The number of hydrogen-bond acceptors (Lipinski definition) is 3. The third-order valence-electron chi connectivity index (χ3n) is 4.89. The highest BCUT2D eigenvalue weighted by Gasteiger charge is 2.10. The lowest BCUT2D eigenvalue weighted by Gasteiger charge is -2.12. The van der Waals surface area contributed by atoms with E-state index >= 15 is 0 Å². The van der Waals surface area contributed by atoms with Gasteiger partial charge in [0.05, 0.1) is 6.21 Å². The van der Waals surface area contributed by atoms with Crippen LogP contribution in [0.3, 0.4) is 0 Å². The van der Waals surface area contributed by atoms with E-state index in [1.807, 2.05) is 12.1 Å². The molecular formula is C24H13FN2O. The van der Waals surface area contributed by atoms with E-state index in [1.54, 1.807) is 0 Å². The van der Waals surface area contributed by atoms with Crippen LogP contribution in [0.2, 0.25) is 0 Å². The molecule has 0 unspecified atom stereocenters. The van der Waals surface area contributed by atoms with Gasteiger partial charge in [0.1, 0.15) is 11.4 Å². The molecule has 5 aromatic rings. The number of pyridine rings is 1. The molecule has 0 bridgehead atoms. The zero-order valence-corrected chi connectivity index (χ0v) is 14.6. The molecule has 0 spiro atoms. The van der Waals surface area contributed by atoms with Crippen LogP contribution in [-0.2, 0) is 0 Å². The van der Waals surface area contributed by atoms with E-state index in [0.717, 1.165) is 22.6 Å². The summed E-state index contributed by atoms with van der Waals surface area (Å²) in [5, 5.41) is 18.5. The molecule has 0 amide bonds. The number of nitrogens with zero attached hydrogens (tertiary/aromatic N) is 2. The van der Waals surface area contributed by atoms with Gasteiger partial charge in [-0.1, -0.05) is 59.6 Å². The molecule has 5 rings (SSSR count). The van der Waals surface area contributed by atoms with Gasteiger partial charge in [0.2, 0.25) is 0 Å². The molecule has 132 valence electrons. The molecule has 28 heavy (non-hydrogen) atoms. The maximum absolute atomic E-state index is 13.7. The Bertz CT molecular complexity index is 1440. The fraction of sp³-hybridized carbons (Fsp3) is 0. The largest absolute Gasteiger partial charge is 0.411 e. The lowest BCUT2D eigenvalue weighted by atomic mass is 9.91. The highest BCUT2D eigenvalue weighted by Crippen LogP contribution is 2.36. The lowest BCUT2D eigenvalue weighted by molar-refractivity contribution is 0.321. The maximum atomic E-state index is 13.7. The zero-order valence-electron chi connectivity index (χ0n) is 14.6. The van der Waals surface area contributed by atoms with E-state index in [2.05, 4.69) is 64.4 Å². The second kappa shape index (κ2) is 6.33. The lowest BCUT2D eigenvalue weighted by Crippen LogP contribution is -1.96. The molecule has 0 saturated carbocycles. The minimum absolute atomic E-state index is 0.0517. The molecule has 0 fully saturated rings. The topological polar surface area (TPSA) is 45.5 Å². The van der Waals surface area contributed by atoms with E-state index in [0.29, 0.717) is 5.69 Å². The summed E-state index contributed by atoms with van der Waals surface area (Å²) in [5.41, 5.74) is 1.24. The highest BCUT2D eigenvalue weighted by molar-refractivity contribution is 6.24. The molecular weight excluding hydrogens is 351 g/mol. The van der Waals surface area contributed by atoms with Crippen molar-refractivity contribution in [2.24, 2.45) is 5.16 Å². The van der Waals surface area contributed by atoms with Crippen molar-refractivity contribution in [1.82, 2.24) is 4.98 Å². The quantitative estimate of drug-likeness (QED) is 0.144. The number of oxime groups is 1. The van der Waals surface area contributed by atoms with Crippen LogP contribution in [0.5, 0.6) is 0 Å². The van der Waals surface area contributed by atoms with Gasteiger partial charge in [-0.3, -0.25) is 0 Å². The summed E-state index contributed by atoms with van der Waals surface area (Å²) in [6, 6.07) is 21.6. The van der Waals surface area contributed by atoms with Crippen molar-refractivity contribution in [2.45, 2.75) is 0 Å². The van der Waals surface area contributed by atoms with Crippen LogP contribution in [0.25, 0.3) is 32.3 Å². The first kappa shape index (κ1) is 16.2. The molecule has 0 aliphatic carbocycles. The van der Waals surface area contributed by atoms with Crippen LogP contribution in [0, 0.1) is 17.7 Å². The summed E-state index contributed by atoms with van der Waals surface area (Å²) >= 11 is 0. The molecule has 1 heterocycles. The molecule has 1 N–H and O–H groups in total. The van der Waals surface area contributed by atoms with Crippen LogP contribution >= 0.6 is 0 Å². The third kappa shape index (κ3) is 2.53. The molecule has 0 radical (unpaired) electrons. The van der Waals surface area contributed by atoms with Crippen molar-refractivity contribution in [3.63, 3.8) is 0 Å². The van der Waals surface area contributed by atoms with E-state index < -0.39 is 5.82 Å². The number of halogens is 1. The van der Waals surface area contributed by atoms with Crippen LogP contribution in [0.4, 0.5) is 4.39 Å². The zero-order chi connectivity index (χ0) is 19.1. The van der Waals surface area contributed by atoms with Gasteiger partial charge in [0.25, 0.3) is 0 Å². The standard InChI is InChI=1S/C24H13FN2O/c25-21-12-11-19(27-22(21)14-26-28)10-9-17-13-18-5-1-3-15-7-8-16-4-2-6-20(17)24(16)23(15)18/h1-8,11-14,28H/b26-14-. The summed E-state index contributed by atoms with van der Waals surface area (Å²) in [6.45, 7) is 0. The summed E-state index contributed by atoms with van der Waals surface area (Å²) in [7, 11) is 0. The number of hydrogen-bond donors (Lipinski definition) is 1. The monoisotopic (exact) mass is 364 g/mol. The van der Waals surface area contributed by atoms with Crippen molar-refractivity contribution in [2.75, 3.05) is 0 Å². The molecule has 3 nitrogen and oxygen atoms in total. The minimum Gasteiger partial charge on any atom is -0.411 e. The smallest absolute Gasteiger partial charge is 0.150 e. The second-order valence-corrected chi connectivity index (χ2v) is 6.53. The molecule has 4 heteroatoms. The molecule has 0 atom stereocenters. The van der Waals surface area contributed by atoms with Crippen LogP contribution in [0.1, 0.15) is 17.0 Å². The van der Waals surface area contributed by atoms with Crippen molar-refractivity contribution >= 4 is 38.5 Å². The fourth-order valence-corrected chi connectivity index (χ4v) is 3.67. The number of benzene rings is 4. The number of aromatic nitrogens is 1. The first-order valence-electron chi connectivity index (χ1n) is 8.77. The Kier molecular flexibility index (Phi) is 3.67. The Balaban J connectivity index is 1.75. The van der Waals surface area contributed by atoms with E-state index in [4.69, 9.17) is 5.21 Å². The molecule has 0 aliphatic rings. The highest BCUT2D eigenvalue weighted by atomic mass is 19.1. The SMILES string of the molecule is O/N=C\c1nc(C#Cc2cc3cccc4ccc5cccc2c5c43)ccc1F. The van der Waals surface area contributed by atoms with Crippen molar-refractivity contribution in [1.29, 1.82) is 0 Å². The van der Waals surface area contributed by atoms with E-state index in [1.165, 1.54) is 33.7 Å². The van der Waals surface area contributed by atoms with Crippen molar-refractivity contribution in [3.05, 3.63) is 89.5 Å². The van der Waals surface area contributed by atoms with Gasteiger partial charge in [-0.05, 0) is 56.4 Å². The normalized spacial score (nSPS) is 11.5. The van der Waals surface area contributed by atoms with Crippen LogP contribution in [-0.4, -0.2) is 16.4 Å².